The minimum absolute atomic E-state index is 0.0531. The molecule has 0 saturated carbocycles. The standard InChI is InChI=1S/C43H68N12O13S2/c1-5-23(4)36-42(67)50-27(11-12-32(45)58)39(64)52-30(17-33(46)59)40(65)53-31(21-70-69-20-26(44)37(62)51-29(41(66)54-36)16-24-7-9-25(57)10-8-24)43(68)55(13-6-14-56)19-35(61)49-28(15-22(2)3)38(63)48-18-34(47)60/h7-10,22-23,26-31,36,56-57H,5-6,11-21,44H2,1-4H3,(H2,45,58)(H2,46,59)(H2,47,60)(H,48,63)(H,49,61)(H,50,67)(H,51,62)(H,52,64)(H,53,65)(H,54,66)/t23-,26-,27-,28-,29-,30-,31-,36-/m0/s1. The average molecular weight is 1030 g/mol. The summed E-state index contributed by atoms with van der Waals surface area (Å²) >= 11 is 0. The van der Waals surface area contributed by atoms with Gasteiger partial charge in [0.25, 0.3) is 0 Å². The Balaban J connectivity index is 2.67. The Kier molecular flexibility index (Phi) is 26.0. The Bertz CT molecular complexity index is 2020. The molecule has 0 unspecified atom stereocenters. The quantitative estimate of drug-likeness (QED) is 0.0517. The second-order valence-corrected chi connectivity index (χ2v) is 19.7. The number of nitrogens with zero attached hydrogens (tertiary/aromatic N) is 1. The number of hydrogen-bond donors (Lipinski definition) is 13. The van der Waals surface area contributed by atoms with Crippen LogP contribution in [0.1, 0.15) is 71.8 Å². The SMILES string of the molecule is CC[C@H](C)[C@@H]1NC(=O)[C@H](Cc2ccc(O)cc2)NC(=O)[C@@H](N)CSSC[C@@H](C(=O)N(CCCO)CC(=O)N[C@@H](CC(C)C)C(=O)NCC(N)=O)NC(=O)[C@H](CC(N)=O)NC(=O)[C@H](CCC(N)=O)NC1=O. The predicted molar refractivity (Wildman–Crippen MR) is 258 cm³/mol. The molecule has 1 aliphatic rings. The number of carbonyl (C=O) groups is 11. The van der Waals surface area contributed by atoms with Crippen molar-refractivity contribution in [2.75, 3.05) is 37.7 Å². The molecule has 17 N–H and O–H groups in total. The van der Waals surface area contributed by atoms with Crippen molar-refractivity contribution in [1.82, 2.24) is 42.1 Å². The number of aromatic hydroxyl groups is 1. The molecule has 11 amide bonds. The topological polar surface area (TPSA) is 420 Å². The molecular weight excluding hydrogens is 957 g/mol. The number of primary amides is 3. The third kappa shape index (κ3) is 21.6. The highest BCUT2D eigenvalue weighted by atomic mass is 33.1. The number of aliphatic hydroxyl groups is 1. The number of benzene rings is 1. The molecule has 2 rings (SSSR count). The van der Waals surface area contributed by atoms with E-state index in [1.165, 1.54) is 24.3 Å². The van der Waals surface area contributed by atoms with Gasteiger partial charge < -0.3 is 75.3 Å². The molecule has 1 heterocycles. The van der Waals surface area contributed by atoms with Crippen molar-refractivity contribution in [2.24, 2.45) is 34.8 Å². The van der Waals surface area contributed by atoms with E-state index in [0.717, 1.165) is 26.5 Å². The predicted octanol–water partition coefficient (Wildman–Crippen LogP) is -4.39. The first kappa shape index (κ1) is 59.9. The van der Waals surface area contributed by atoms with Crippen LogP contribution in [0.15, 0.2) is 24.3 Å². The van der Waals surface area contributed by atoms with Crippen molar-refractivity contribution >= 4 is 86.6 Å². The summed E-state index contributed by atoms with van der Waals surface area (Å²) in [4.78, 5) is 147. The van der Waals surface area contributed by atoms with E-state index in [1.807, 2.05) is 0 Å². The van der Waals surface area contributed by atoms with Gasteiger partial charge in [0.15, 0.2) is 0 Å². The van der Waals surface area contributed by atoms with Gasteiger partial charge in [-0.2, -0.15) is 0 Å². The second-order valence-electron chi connectivity index (χ2n) is 17.1. The third-order valence-electron chi connectivity index (χ3n) is 10.7. The van der Waals surface area contributed by atoms with E-state index in [-0.39, 0.29) is 49.0 Å². The zero-order chi connectivity index (χ0) is 52.7. The first-order valence-corrected chi connectivity index (χ1v) is 25.1. The summed E-state index contributed by atoms with van der Waals surface area (Å²) in [7, 11) is 1.94. The molecular formula is C43H68N12O13S2. The maximum atomic E-state index is 14.4. The molecule has 70 heavy (non-hydrogen) atoms. The summed E-state index contributed by atoms with van der Waals surface area (Å²) in [6, 6.07) is -4.30. The number of nitrogens with one attached hydrogen (secondary N) is 7. The van der Waals surface area contributed by atoms with E-state index in [0.29, 0.717) is 12.0 Å². The summed E-state index contributed by atoms with van der Waals surface area (Å²) in [6.07, 6.45) is -1.44. The van der Waals surface area contributed by atoms with Gasteiger partial charge in [0.2, 0.25) is 65.0 Å². The maximum Gasteiger partial charge on any atom is 0.246 e. The summed E-state index contributed by atoms with van der Waals surface area (Å²) < 4.78 is 0. The van der Waals surface area contributed by atoms with Crippen molar-refractivity contribution in [1.29, 1.82) is 0 Å². The number of phenolic OH excluding ortho intramolecular Hbond substituents is 1. The molecule has 0 bridgehead atoms. The minimum atomic E-state index is -1.80. The normalized spacial score (nSPS) is 21.8. The molecule has 1 aromatic rings. The molecule has 27 heteroatoms. The van der Waals surface area contributed by atoms with Crippen LogP contribution in [0.4, 0.5) is 0 Å². The van der Waals surface area contributed by atoms with E-state index in [4.69, 9.17) is 22.9 Å². The number of amides is 11. The number of rotatable bonds is 21. The summed E-state index contributed by atoms with van der Waals surface area (Å²) in [5, 5.41) is 37.1. The van der Waals surface area contributed by atoms with Gasteiger partial charge in [0.1, 0.15) is 42.0 Å². The van der Waals surface area contributed by atoms with Gasteiger partial charge in [0.05, 0.1) is 25.6 Å². The average Bonchev–Trinajstić information content (AvgIpc) is 3.29. The number of nitrogens with two attached hydrogens (primary N) is 4. The number of phenols is 1. The molecule has 0 aromatic heterocycles. The zero-order valence-corrected chi connectivity index (χ0v) is 41.3. The Morgan fingerprint density at radius 3 is 1.97 bits per heavy atom. The van der Waals surface area contributed by atoms with Crippen LogP contribution in [0.2, 0.25) is 0 Å². The van der Waals surface area contributed by atoms with Crippen molar-refractivity contribution in [3.63, 3.8) is 0 Å². The maximum absolute atomic E-state index is 14.4. The lowest BCUT2D eigenvalue weighted by Gasteiger charge is -2.30. The van der Waals surface area contributed by atoms with E-state index < -0.39 is 152 Å². The smallest absolute Gasteiger partial charge is 0.246 e. The van der Waals surface area contributed by atoms with Crippen molar-refractivity contribution in [3.8, 4) is 5.75 Å². The number of aliphatic hydroxyl groups excluding tert-OH is 1. The van der Waals surface area contributed by atoms with Crippen LogP contribution in [0.25, 0.3) is 0 Å². The van der Waals surface area contributed by atoms with Crippen molar-refractivity contribution < 1.29 is 63.0 Å². The summed E-state index contributed by atoms with van der Waals surface area (Å²) in [6.45, 7) is 5.03. The minimum Gasteiger partial charge on any atom is -0.508 e. The Morgan fingerprint density at radius 2 is 1.39 bits per heavy atom. The Morgan fingerprint density at radius 1 is 0.786 bits per heavy atom. The molecule has 0 spiro atoms. The highest BCUT2D eigenvalue weighted by Crippen LogP contribution is 2.24. The fourth-order valence-electron chi connectivity index (χ4n) is 6.73. The molecule has 1 aliphatic heterocycles. The molecule has 0 aliphatic carbocycles. The molecule has 1 fully saturated rings. The first-order valence-electron chi connectivity index (χ1n) is 22.6. The van der Waals surface area contributed by atoms with E-state index >= 15 is 0 Å². The van der Waals surface area contributed by atoms with Crippen LogP contribution in [0.5, 0.6) is 5.75 Å². The lowest BCUT2D eigenvalue weighted by Crippen LogP contribution is -2.61. The lowest BCUT2D eigenvalue weighted by atomic mass is 9.96. The van der Waals surface area contributed by atoms with Gasteiger partial charge in [0, 0.05) is 37.5 Å². The molecule has 25 nitrogen and oxygen atoms in total. The number of hydrogen-bond acceptors (Lipinski definition) is 16. The molecule has 1 saturated heterocycles. The van der Waals surface area contributed by atoms with Crippen LogP contribution in [0.3, 0.4) is 0 Å². The Hall–Kier alpha value is -6.19. The highest BCUT2D eigenvalue weighted by Gasteiger charge is 2.37. The highest BCUT2D eigenvalue weighted by molar-refractivity contribution is 8.76. The lowest BCUT2D eigenvalue weighted by molar-refractivity contribution is -0.140. The fraction of sp³-hybridized carbons (Fsp3) is 0.605. The van der Waals surface area contributed by atoms with Crippen LogP contribution in [-0.4, -0.2) is 160 Å². The second kappa shape index (κ2) is 30.4. The largest absolute Gasteiger partial charge is 0.508 e. The van der Waals surface area contributed by atoms with Gasteiger partial charge in [-0.1, -0.05) is 67.8 Å². The van der Waals surface area contributed by atoms with Crippen LogP contribution >= 0.6 is 21.6 Å². The first-order chi connectivity index (χ1) is 32.9. The summed E-state index contributed by atoms with van der Waals surface area (Å²) in [5.74, 6) is -11.2. The van der Waals surface area contributed by atoms with E-state index in [1.54, 1.807) is 27.7 Å². The molecule has 390 valence electrons. The van der Waals surface area contributed by atoms with E-state index in [2.05, 4.69) is 37.2 Å². The van der Waals surface area contributed by atoms with Gasteiger partial charge in [-0.3, -0.25) is 52.7 Å². The molecule has 0 radical (unpaired) electrons. The van der Waals surface area contributed by atoms with Gasteiger partial charge >= 0.3 is 0 Å². The molecule has 1 aromatic carbocycles. The van der Waals surface area contributed by atoms with Crippen molar-refractivity contribution in [2.45, 2.75) is 115 Å². The Labute approximate surface area is 413 Å². The van der Waals surface area contributed by atoms with Crippen LogP contribution in [-0.2, 0) is 59.2 Å². The summed E-state index contributed by atoms with van der Waals surface area (Å²) in [5.41, 5.74) is 22.8. The van der Waals surface area contributed by atoms with Crippen molar-refractivity contribution in [3.05, 3.63) is 29.8 Å². The van der Waals surface area contributed by atoms with Gasteiger partial charge in [-0.25, -0.2) is 0 Å². The fourth-order valence-corrected chi connectivity index (χ4v) is 9.01. The van der Waals surface area contributed by atoms with Gasteiger partial charge in [-0.05, 0) is 48.8 Å². The molecule has 8 atom stereocenters. The number of carbonyl (C=O) groups excluding carboxylic acids is 11. The van der Waals surface area contributed by atoms with E-state index in [9.17, 15) is 63.0 Å². The van der Waals surface area contributed by atoms with Crippen LogP contribution in [0, 0.1) is 11.8 Å². The third-order valence-corrected chi connectivity index (χ3v) is 13.1. The van der Waals surface area contributed by atoms with Gasteiger partial charge in [-0.15, -0.1) is 0 Å². The zero-order valence-electron chi connectivity index (χ0n) is 39.7. The monoisotopic (exact) mass is 1020 g/mol. The van der Waals surface area contributed by atoms with Crippen LogP contribution < -0.4 is 60.2 Å².